The summed E-state index contributed by atoms with van der Waals surface area (Å²) in [5.74, 6) is 1.69. The molecule has 1 aliphatic heterocycles. The van der Waals surface area contributed by atoms with Gasteiger partial charge in [-0.25, -0.2) is 0 Å². The Morgan fingerprint density at radius 1 is 1.09 bits per heavy atom. The minimum atomic E-state index is -0.172. The molecule has 0 fully saturated rings. The van der Waals surface area contributed by atoms with Gasteiger partial charge in [0.15, 0.2) is 11.5 Å². The number of nitrogens with one attached hydrogen (secondary N) is 1. The Morgan fingerprint density at radius 3 is 2.48 bits per heavy atom. The fourth-order valence-corrected chi connectivity index (χ4v) is 5.05. The van der Waals surface area contributed by atoms with E-state index in [2.05, 4.69) is 4.98 Å². The van der Waals surface area contributed by atoms with Crippen LogP contribution < -0.4 is 24.8 Å². The molecule has 2 heterocycles. The number of carbonyl (C=O) groups excluding carboxylic acids is 1. The van der Waals surface area contributed by atoms with E-state index in [1.807, 2.05) is 36.4 Å². The Hall–Kier alpha value is -3.58. The quantitative estimate of drug-likeness (QED) is 0.323. The predicted molar refractivity (Wildman–Crippen MR) is 131 cm³/mol. The fraction of sp³-hybridized carbons (Fsp3) is 0.240. The fourth-order valence-electron chi connectivity index (χ4n) is 4.80. The molecule has 7 nitrogen and oxygen atoms in total. The number of aromatic amines is 1. The first kappa shape index (κ1) is 21.3. The number of aromatic nitrogens is 1. The molecule has 0 radical (unpaired) electrons. The van der Waals surface area contributed by atoms with Crippen molar-refractivity contribution in [2.24, 2.45) is 0 Å². The van der Waals surface area contributed by atoms with Crippen molar-refractivity contribution in [3.63, 3.8) is 0 Å². The molecule has 0 bridgehead atoms. The van der Waals surface area contributed by atoms with Crippen LogP contribution in [-0.4, -0.2) is 44.6 Å². The first-order chi connectivity index (χ1) is 16.0. The first-order valence-corrected chi connectivity index (χ1v) is 11.1. The van der Waals surface area contributed by atoms with E-state index in [9.17, 15) is 4.79 Å². The van der Waals surface area contributed by atoms with Gasteiger partial charge in [-0.05, 0) is 29.1 Å². The summed E-state index contributed by atoms with van der Waals surface area (Å²) in [7, 11) is 4.65. The van der Waals surface area contributed by atoms with Crippen molar-refractivity contribution >= 4 is 50.6 Å². The number of nitrogen functional groups attached to an aromatic ring is 1. The zero-order valence-electron chi connectivity index (χ0n) is 18.6. The van der Waals surface area contributed by atoms with Gasteiger partial charge in [0.25, 0.3) is 5.91 Å². The molecular weight excluding hydrogens is 442 g/mol. The molecule has 1 amide bonds. The first-order valence-electron chi connectivity index (χ1n) is 10.5. The monoisotopic (exact) mass is 465 g/mol. The number of nitrogens with zero attached hydrogens (tertiary/aromatic N) is 1. The van der Waals surface area contributed by atoms with Crippen LogP contribution in [0.2, 0.25) is 0 Å². The second-order valence-electron chi connectivity index (χ2n) is 8.00. The Kier molecular flexibility index (Phi) is 5.21. The number of anilines is 2. The van der Waals surface area contributed by atoms with Gasteiger partial charge in [-0.1, -0.05) is 24.3 Å². The number of carbonyl (C=O) groups is 1. The van der Waals surface area contributed by atoms with Crippen molar-refractivity contribution in [1.82, 2.24) is 4.98 Å². The van der Waals surface area contributed by atoms with E-state index in [4.69, 9.17) is 31.5 Å². The maximum absolute atomic E-state index is 13.7. The number of methoxy groups -OCH3 is 3. The van der Waals surface area contributed by atoms with E-state index >= 15 is 0 Å². The number of amides is 1. The number of hydrogen-bond acceptors (Lipinski definition) is 5. The smallest absolute Gasteiger partial charge is 0.274 e. The van der Waals surface area contributed by atoms with Crippen LogP contribution in [-0.2, 0) is 0 Å². The van der Waals surface area contributed by atoms with E-state index in [-0.39, 0.29) is 11.8 Å². The molecule has 0 spiro atoms. The third-order valence-corrected chi connectivity index (χ3v) is 6.65. The summed E-state index contributed by atoms with van der Waals surface area (Å²) in [6.07, 6.45) is 0. The zero-order valence-corrected chi connectivity index (χ0v) is 19.3. The number of ether oxygens (including phenoxy) is 3. The summed E-state index contributed by atoms with van der Waals surface area (Å²) in [5.41, 5.74) is 9.92. The molecule has 1 aromatic heterocycles. The normalized spacial score (nSPS) is 15.2. The molecule has 3 aromatic carbocycles. The molecule has 0 saturated heterocycles. The Morgan fingerprint density at radius 2 is 1.82 bits per heavy atom. The van der Waals surface area contributed by atoms with Gasteiger partial charge in [-0.15, -0.1) is 11.6 Å². The van der Waals surface area contributed by atoms with Crippen molar-refractivity contribution in [3.8, 4) is 17.2 Å². The molecule has 0 saturated carbocycles. The molecule has 3 N–H and O–H groups in total. The van der Waals surface area contributed by atoms with E-state index in [0.717, 1.165) is 27.4 Å². The number of H-pyrrole nitrogens is 1. The highest BCUT2D eigenvalue weighted by Crippen LogP contribution is 2.46. The lowest BCUT2D eigenvalue weighted by Gasteiger charge is -2.18. The number of fused-ring (bicyclic) bond motifs is 4. The third kappa shape index (κ3) is 3.15. The highest BCUT2D eigenvalue weighted by atomic mass is 35.5. The molecule has 4 aromatic rings. The molecule has 1 aliphatic rings. The largest absolute Gasteiger partial charge is 0.493 e. The number of nitrogens with two attached hydrogens (primary N) is 1. The summed E-state index contributed by atoms with van der Waals surface area (Å²) >= 11 is 6.34. The number of benzene rings is 3. The van der Waals surface area contributed by atoms with E-state index in [0.29, 0.717) is 46.6 Å². The number of halogens is 1. The maximum Gasteiger partial charge on any atom is 0.274 e. The van der Waals surface area contributed by atoms with Crippen molar-refractivity contribution in [3.05, 3.63) is 53.7 Å². The van der Waals surface area contributed by atoms with Crippen molar-refractivity contribution in [2.75, 3.05) is 44.4 Å². The van der Waals surface area contributed by atoms with Gasteiger partial charge in [0.1, 0.15) is 5.69 Å². The Labute approximate surface area is 196 Å². The highest BCUT2D eigenvalue weighted by molar-refractivity contribution is 6.19. The number of rotatable bonds is 5. The number of alkyl halides is 1. The average molecular weight is 466 g/mol. The van der Waals surface area contributed by atoms with Crippen LogP contribution in [0.4, 0.5) is 11.4 Å². The zero-order chi connectivity index (χ0) is 23.3. The van der Waals surface area contributed by atoms with Crippen LogP contribution >= 0.6 is 11.6 Å². The summed E-state index contributed by atoms with van der Waals surface area (Å²) in [5, 5.41) is 2.77. The molecule has 33 heavy (non-hydrogen) atoms. The maximum atomic E-state index is 13.7. The molecule has 0 aliphatic carbocycles. The van der Waals surface area contributed by atoms with Crippen molar-refractivity contribution in [1.29, 1.82) is 0 Å². The Bertz CT molecular complexity index is 1400. The second-order valence-corrected chi connectivity index (χ2v) is 8.31. The lowest BCUT2D eigenvalue weighted by atomic mass is 9.95. The van der Waals surface area contributed by atoms with Crippen LogP contribution in [0.15, 0.2) is 42.5 Å². The lowest BCUT2D eigenvalue weighted by molar-refractivity contribution is 0.0984. The standard InChI is InChI=1S/C25H24ClN3O4/c1-31-20-9-13-8-18(28-22(13)24(33-3)23(20)32-2)25(30)29-12-14(11-26)21-16-7-5-4-6-15(16)17(27)10-19(21)29/h4-10,14,28H,11-12,27H2,1-3H3. The molecule has 1 atom stereocenters. The van der Waals surface area contributed by atoms with Gasteiger partial charge in [0, 0.05) is 34.8 Å². The molecule has 170 valence electrons. The van der Waals surface area contributed by atoms with Crippen LogP contribution in [0, 0.1) is 0 Å². The molecule has 1 unspecified atom stereocenters. The van der Waals surface area contributed by atoms with E-state index in [1.165, 1.54) is 0 Å². The molecule has 5 rings (SSSR count). The van der Waals surface area contributed by atoms with Gasteiger partial charge in [-0.3, -0.25) is 4.79 Å². The van der Waals surface area contributed by atoms with E-state index < -0.39 is 0 Å². The second kappa shape index (κ2) is 8.08. The number of hydrogen-bond donors (Lipinski definition) is 2. The van der Waals surface area contributed by atoms with Crippen molar-refractivity contribution < 1.29 is 19.0 Å². The highest BCUT2D eigenvalue weighted by Gasteiger charge is 2.35. The molecule has 8 heteroatoms. The topological polar surface area (TPSA) is 89.8 Å². The minimum absolute atomic E-state index is 0.00946. The average Bonchev–Trinajstić information content (AvgIpc) is 3.43. The van der Waals surface area contributed by atoms with Crippen molar-refractivity contribution in [2.45, 2.75) is 5.92 Å². The Balaban J connectivity index is 1.64. The SMILES string of the molecule is COc1cc2cc(C(=O)N3CC(CCl)c4c3cc(N)c3ccccc43)[nH]c2c(OC)c1OC. The van der Waals surface area contributed by atoms with Crippen LogP contribution in [0.25, 0.3) is 21.7 Å². The van der Waals surface area contributed by atoms with Crippen LogP contribution in [0.5, 0.6) is 17.2 Å². The molecular formula is C25H24ClN3O4. The van der Waals surface area contributed by atoms with Gasteiger partial charge < -0.3 is 29.8 Å². The van der Waals surface area contributed by atoms with E-state index in [1.54, 1.807) is 32.3 Å². The third-order valence-electron chi connectivity index (χ3n) is 6.28. The summed E-state index contributed by atoms with van der Waals surface area (Å²) < 4.78 is 16.5. The van der Waals surface area contributed by atoms with Gasteiger partial charge in [0.05, 0.1) is 32.5 Å². The van der Waals surface area contributed by atoms with Gasteiger partial charge in [-0.2, -0.15) is 0 Å². The van der Waals surface area contributed by atoms with Crippen LogP contribution in [0.1, 0.15) is 22.0 Å². The summed E-state index contributed by atoms with van der Waals surface area (Å²) in [6.45, 7) is 0.476. The summed E-state index contributed by atoms with van der Waals surface area (Å²) in [6, 6.07) is 13.4. The lowest BCUT2D eigenvalue weighted by Crippen LogP contribution is -2.30. The van der Waals surface area contributed by atoms with Crippen LogP contribution in [0.3, 0.4) is 0 Å². The van der Waals surface area contributed by atoms with Gasteiger partial charge >= 0.3 is 0 Å². The minimum Gasteiger partial charge on any atom is -0.493 e. The predicted octanol–water partition coefficient (Wildman–Crippen LogP) is 4.91. The van der Waals surface area contributed by atoms with Gasteiger partial charge in [0.2, 0.25) is 5.75 Å². The summed E-state index contributed by atoms with van der Waals surface area (Å²) in [4.78, 5) is 18.7.